The van der Waals surface area contributed by atoms with E-state index in [-0.39, 0.29) is 12.4 Å². The lowest BCUT2D eigenvalue weighted by atomic mass is 9.96. The molecule has 1 aliphatic rings. The lowest BCUT2D eigenvalue weighted by molar-refractivity contribution is 0.0941. The Hall–Kier alpha value is -1.19. The number of likely N-dealkylation sites (tertiary alicyclic amines) is 1. The Morgan fingerprint density at radius 1 is 1.30 bits per heavy atom. The Morgan fingerprint density at radius 2 is 1.95 bits per heavy atom. The maximum atomic E-state index is 12.5. The van der Waals surface area contributed by atoms with Gasteiger partial charge in [-0.25, -0.2) is 0 Å². The molecule has 1 saturated heterocycles. The van der Waals surface area contributed by atoms with E-state index in [0.29, 0.717) is 12.5 Å². The number of ketones is 1. The number of Topliss-reactive ketones (excluding diaryl/α,β-unsaturated/α-hetero) is 1. The zero-order chi connectivity index (χ0) is 14.7. The molecule has 0 aromatic heterocycles. The van der Waals surface area contributed by atoms with E-state index in [1.54, 1.807) is 0 Å². The minimum Gasteiger partial charge on any atom is -0.396 e. The summed E-state index contributed by atoms with van der Waals surface area (Å²) in [6, 6.07) is 4.16. The molecule has 0 spiro atoms. The zero-order valence-electron chi connectivity index (χ0n) is 12.8. The van der Waals surface area contributed by atoms with Crippen molar-refractivity contribution in [3.05, 3.63) is 34.4 Å². The van der Waals surface area contributed by atoms with Crippen LogP contribution in [0.15, 0.2) is 12.1 Å². The van der Waals surface area contributed by atoms with Crippen LogP contribution >= 0.6 is 0 Å². The van der Waals surface area contributed by atoms with Gasteiger partial charge >= 0.3 is 0 Å². The predicted molar refractivity (Wildman–Crippen MR) is 81.2 cm³/mol. The van der Waals surface area contributed by atoms with Crippen molar-refractivity contribution in [3.63, 3.8) is 0 Å². The van der Waals surface area contributed by atoms with E-state index in [1.807, 2.05) is 13.8 Å². The van der Waals surface area contributed by atoms with Gasteiger partial charge in [-0.3, -0.25) is 9.69 Å². The second kappa shape index (κ2) is 6.51. The molecule has 1 heterocycles. The summed E-state index contributed by atoms with van der Waals surface area (Å²) in [5.41, 5.74) is 4.26. The first-order valence-corrected chi connectivity index (χ1v) is 7.45. The highest BCUT2D eigenvalue weighted by Crippen LogP contribution is 2.21. The monoisotopic (exact) mass is 275 g/mol. The third-order valence-corrected chi connectivity index (χ3v) is 4.23. The Balaban J connectivity index is 2.03. The van der Waals surface area contributed by atoms with Crippen LogP contribution in [-0.4, -0.2) is 42.0 Å². The summed E-state index contributed by atoms with van der Waals surface area (Å²) >= 11 is 0. The van der Waals surface area contributed by atoms with E-state index in [1.165, 1.54) is 5.56 Å². The minimum absolute atomic E-state index is 0.227. The fraction of sp³-hybridized carbons (Fsp3) is 0.588. The van der Waals surface area contributed by atoms with Crippen LogP contribution in [0.3, 0.4) is 0 Å². The molecule has 110 valence electrons. The van der Waals surface area contributed by atoms with Gasteiger partial charge in [-0.2, -0.15) is 0 Å². The van der Waals surface area contributed by atoms with Crippen molar-refractivity contribution in [1.29, 1.82) is 0 Å². The molecule has 0 aliphatic carbocycles. The van der Waals surface area contributed by atoms with Crippen LogP contribution in [0.5, 0.6) is 0 Å². The number of aryl methyl sites for hydroxylation is 3. The molecule has 20 heavy (non-hydrogen) atoms. The van der Waals surface area contributed by atoms with Gasteiger partial charge in [0.15, 0.2) is 5.78 Å². The van der Waals surface area contributed by atoms with E-state index in [9.17, 15) is 4.79 Å². The summed E-state index contributed by atoms with van der Waals surface area (Å²) in [5.74, 6) is 0.776. The fourth-order valence-electron chi connectivity index (χ4n) is 3.38. The van der Waals surface area contributed by atoms with Gasteiger partial charge in [-0.15, -0.1) is 0 Å². The molecular weight excluding hydrogens is 250 g/mol. The van der Waals surface area contributed by atoms with E-state index in [0.717, 1.165) is 42.6 Å². The Morgan fingerprint density at radius 3 is 2.55 bits per heavy atom. The van der Waals surface area contributed by atoms with Crippen LogP contribution in [0.1, 0.15) is 39.9 Å². The predicted octanol–water partition coefficient (Wildman–Crippen LogP) is 2.50. The number of rotatable bonds is 5. The molecule has 1 aliphatic heterocycles. The highest BCUT2D eigenvalue weighted by atomic mass is 16.3. The molecule has 0 saturated carbocycles. The lowest BCUT2D eigenvalue weighted by Crippen LogP contribution is -2.28. The molecular formula is C17H25NO2. The standard InChI is InChI=1S/C17H25NO2/c1-12-8-13(2)17(14(3)9-12)16(20)11-18-6-4-15(10-18)5-7-19/h8-9,15,19H,4-7,10-11H2,1-3H3. The highest BCUT2D eigenvalue weighted by molar-refractivity contribution is 6.00. The van der Waals surface area contributed by atoms with Crippen LogP contribution < -0.4 is 0 Å². The number of hydrogen-bond donors (Lipinski definition) is 1. The maximum absolute atomic E-state index is 12.5. The average Bonchev–Trinajstić information content (AvgIpc) is 2.75. The summed E-state index contributed by atoms with van der Waals surface area (Å²) in [6.45, 7) is 8.78. The smallest absolute Gasteiger partial charge is 0.177 e. The Labute approximate surface area is 121 Å². The van der Waals surface area contributed by atoms with Crippen molar-refractivity contribution in [3.8, 4) is 0 Å². The normalized spacial score (nSPS) is 19.5. The van der Waals surface area contributed by atoms with Crippen LogP contribution in [0, 0.1) is 26.7 Å². The summed E-state index contributed by atoms with van der Waals surface area (Å²) in [4.78, 5) is 14.8. The summed E-state index contributed by atoms with van der Waals surface area (Å²) in [7, 11) is 0. The zero-order valence-corrected chi connectivity index (χ0v) is 12.8. The fourth-order valence-corrected chi connectivity index (χ4v) is 3.38. The topological polar surface area (TPSA) is 40.5 Å². The molecule has 1 N–H and O–H groups in total. The number of aliphatic hydroxyl groups is 1. The van der Waals surface area contributed by atoms with Gasteiger partial charge in [0, 0.05) is 18.7 Å². The number of benzene rings is 1. The number of nitrogens with zero attached hydrogens (tertiary/aromatic N) is 1. The molecule has 0 amide bonds. The first kappa shape index (κ1) is 15.2. The van der Waals surface area contributed by atoms with E-state index in [4.69, 9.17) is 5.11 Å². The molecule has 1 atom stereocenters. The maximum Gasteiger partial charge on any atom is 0.177 e. The molecule has 2 rings (SSSR count). The Kier molecular flexibility index (Phi) is 4.95. The molecule has 1 aromatic rings. The largest absolute Gasteiger partial charge is 0.396 e. The number of hydrogen-bond acceptors (Lipinski definition) is 3. The van der Waals surface area contributed by atoms with Gasteiger partial charge in [-0.05, 0) is 57.2 Å². The number of carbonyl (C=O) groups excluding carboxylic acids is 1. The van der Waals surface area contributed by atoms with Gasteiger partial charge in [0.2, 0.25) is 0 Å². The van der Waals surface area contributed by atoms with Gasteiger partial charge < -0.3 is 5.11 Å². The van der Waals surface area contributed by atoms with Crippen molar-refractivity contribution < 1.29 is 9.90 Å². The first-order valence-electron chi connectivity index (χ1n) is 7.45. The second-order valence-electron chi connectivity index (χ2n) is 6.10. The van der Waals surface area contributed by atoms with Crippen LogP contribution in [-0.2, 0) is 0 Å². The molecule has 3 heteroatoms. The molecule has 1 unspecified atom stereocenters. The first-order chi connectivity index (χ1) is 9.51. The molecule has 0 bridgehead atoms. The molecule has 0 radical (unpaired) electrons. The van der Waals surface area contributed by atoms with Crippen LogP contribution in [0.2, 0.25) is 0 Å². The van der Waals surface area contributed by atoms with Gasteiger partial charge in [0.25, 0.3) is 0 Å². The van der Waals surface area contributed by atoms with Crippen molar-refractivity contribution >= 4 is 5.78 Å². The van der Waals surface area contributed by atoms with Gasteiger partial charge in [0.1, 0.15) is 0 Å². The minimum atomic E-state index is 0.227. The lowest BCUT2D eigenvalue weighted by Gasteiger charge is -2.17. The van der Waals surface area contributed by atoms with E-state index < -0.39 is 0 Å². The second-order valence-corrected chi connectivity index (χ2v) is 6.10. The highest BCUT2D eigenvalue weighted by Gasteiger charge is 2.24. The quantitative estimate of drug-likeness (QED) is 0.839. The number of aliphatic hydroxyl groups excluding tert-OH is 1. The van der Waals surface area contributed by atoms with E-state index >= 15 is 0 Å². The number of carbonyl (C=O) groups is 1. The van der Waals surface area contributed by atoms with E-state index in [2.05, 4.69) is 24.0 Å². The van der Waals surface area contributed by atoms with Crippen LogP contribution in [0.4, 0.5) is 0 Å². The van der Waals surface area contributed by atoms with Crippen molar-refractivity contribution in [2.45, 2.75) is 33.6 Å². The molecule has 1 aromatic carbocycles. The molecule has 1 fully saturated rings. The third kappa shape index (κ3) is 3.47. The Bertz CT molecular complexity index is 473. The summed E-state index contributed by atoms with van der Waals surface area (Å²) in [5, 5.41) is 8.99. The summed E-state index contributed by atoms with van der Waals surface area (Å²) in [6.07, 6.45) is 1.95. The average molecular weight is 275 g/mol. The van der Waals surface area contributed by atoms with Crippen LogP contribution in [0.25, 0.3) is 0 Å². The van der Waals surface area contributed by atoms with Crippen molar-refractivity contribution in [2.75, 3.05) is 26.2 Å². The van der Waals surface area contributed by atoms with Crippen molar-refractivity contribution in [1.82, 2.24) is 4.90 Å². The van der Waals surface area contributed by atoms with Gasteiger partial charge in [-0.1, -0.05) is 17.7 Å². The van der Waals surface area contributed by atoms with Crippen molar-refractivity contribution in [2.24, 2.45) is 5.92 Å². The molecule has 3 nitrogen and oxygen atoms in total. The third-order valence-electron chi connectivity index (χ3n) is 4.23. The summed E-state index contributed by atoms with van der Waals surface area (Å²) < 4.78 is 0. The van der Waals surface area contributed by atoms with Gasteiger partial charge in [0.05, 0.1) is 6.54 Å². The SMILES string of the molecule is Cc1cc(C)c(C(=O)CN2CCC(CCO)C2)c(C)c1.